The molecular formula is C17H24FNOS. The van der Waals surface area contributed by atoms with Crippen molar-refractivity contribution in [2.45, 2.75) is 40.3 Å². The van der Waals surface area contributed by atoms with Gasteiger partial charge in [-0.05, 0) is 31.0 Å². The Morgan fingerprint density at radius 3 is 2.71 bits per heavy atom. The summed E-state index contributed by atoms with van der Waals surface area (Å²) >= 11 is 1.64. The highest BCUT2D eigenvalue weighted by molar-refractivity contribution is 7.19. The van der Waals surface area contributed by atoms with Crippen LogP contribution in [0, 0.1) is 11.2 Å². The van der Waals surface area contributed by atoms with Crippen molar-refractivity contribution in [1.82, 2.24) is 5.32 Å². The predicted octanol–water partition coefficient (Wildman–Crippen LogP) is 4.71. The van der Waals surface area contributed by atoms with Crippen molar-refractivity contribution in [3.05, 3.63) is 34.5 Å². The van der Waals surface area contributed by atoms with E-state index < -0.39 is 0 Å². The van der Waals surface area contributed by atoms with Crippen LogP contribution in [0.1, 0.15) is 37.6 Å². The van der Waals surface area contributed by atoms with Crippen LogP contribution in [0.15, 0.2) is 18.2 Å². The summed E-state index contributed by atoms with van der Waals surface area (Å²) in [5.74, 6) is -0.152. The Hall–Kier alpha value is -0.970. The quantitative estimate of drug-likeness (QED) is 0.780. The van der Waals surface area contributed by atoms with Crippen molar-refractivity contribution in [2.24, 2.45) is 5.41 Å². The molecule has 0 atom stereocenters. The smallest absolute Gasteiger partial charge is 0.132 e. The summed E-state index contributed by atoms with van der Waals surface area (Å²) in [6.45, 7) is 8.52. The third-order valence-electron chi connectivity index (χ3n) is 3.43. The topological polar surface area (TPSA) is 21.3 Å². The number of hydrogen-bond acceptors (Lipinski definition) is 3. The molecule has 0 spiro atoms. The first kappa shape index (κ1) is 16.4. The Morgan fingerprint density at radius 2 is 2.05 bits per heavy atom. The molecular weight excluding hydrogens is 285 g/mol. The lowest BCUT2D eigenvalue weighted by atomic mass is 9.93. The number of rotatable bonds is 6. The average molecular weight is 309 g/mol. The van der Waals surface area contributed by atoms with Crippen LogP contribution in [-0.4, -0.2) is 13.7 Å². The first-order chi connectivity index (χ1) is 9.92. The van der Waals surface area contributed by atoms with Crippen LogP contribution >= 0.6 is 11.3 Å². The van der Waals surface area contributed by atoms with Gasteiger partial charge in [-0.2, -0.15) is 0 Å². The Morgan fingerprint density at radius 1 is 1.29 bits per heavy atom. The van der Waals surface area contributed by atoms with Gasteiger partial charge in [-0.25, -0.2) is 4.39 Å². The van der Waals surface area contributed by atoms with Gasteiger partial charge in [0.15, 0.2) is 0 Å². The molecule has 0 saturated carbocycles. The highest BCUT2D eigenvalue weighted by atomic mass is 32.1. The first-order valence-electron chi connectivity index (χ1n) is 7.33. The minimum Gasteiger partial charge on any atom is -0.377 e. The van der Waals surface area contributed by atoms with Crippen LogP contribution in [0.2, 0.25) is 0 Å². The van der Waals surface area contributed by atoms with E-state index in [1.54, 1.807) is 17.4 Å². The van der Waals surface area contributed by atoms with Crippen LogP contribution in [0.3, 0.4) is 0 Å². The Labute approximate surface area is 130 Å². The minimum atomic E-state index is -0.152. The fraction of sp³-hybridized carbons (Fsp3) is 0.529. The van der Waals surface area contributed by atoms with Crippen molar-refractivity contribution in [3.8, 4) is 0 Å². The molecule has 1 heterocycles. The van der Waals surface area contributed by atoms with Gasteiger partial charge in [-0.3, -0.25) is 0 Å². The molecule has 0 aliphatic rings. The summed E-state index contributed by atoms with van der Waals surface area (Å²) in [6, 6.07) is 5.26. The summed E-state index contributed by atoms with van der Waals surface area (Å²) in [5, 5.41) is 3.88. The SMILES string of the molecule is CNCc1sc2cccc(F)c2c1COCCC(C)(C)C. The molecule has 1 aromatic carbocycles. The van der Waals surface area contributed by atoms with E-state index in [0.29, 0.717) is 13.2 Å². The van der Waals surface area contributed by atoms with E-state index in [0.717, 1.165) is 33.5 Å². The van der Waals surface area contributed by atoms with Crippen LogP contribution in [0.4, 0.5) is 4.39 Å². The maximum atomic E-state index is 14.1. The average Bonchev–Trinajstić information content (AvgIpc) is 2.73. The van der Waals surface area contributed by atoms with Crippen molar-refractivity contribution < 1.29 is 9.13 Å². The molecule has 2 aromatic rings. The standard InChI is InChI=1S/C17H24FNOS/c1-17(2,3)8-9-20-11-12-15(10-19-4)21-14-7-5-6-13(18)16(12)14/h5-7,19H,8-11H2,1-4H3. The number of hydrogen-bond donors (Lipinski definition) is 1. The lowest BCUT2D eigenvalue weighted by Gasteiger charge is -2.17. The van der Waals surface area contributed by atoms with E-state index in [2.05, 4.69) is 26.1 Å². The number of benzene rings is 1. The van der Waals surface area contributed by atoms with E-state index in [-0.39, 0.29) is 11.2 Å². The fourth-order valence-corrected chi connectivity index (χ4v) is 3.46. The number of fused-ring (bicyclic) bond motifs is 1. The second-order valence-corrected chi connectivity index (χ2v) is 7.65. The molecule has 0 bridgehead atoms. The van der Waals surface area contributed by atoms with E-state index in [1.807, 2.05) is 13.1 Å². The van der Waals surface area contributed by atoms with Crippen LogP contribution in [-0.2, 0) is 17.9 Å². The van der Waals surface area contributed by atoms with Gasteiger partial charge in [0.2, 0.25) is 0 Å². The fourth-order valence-electron chi connectivity index (χ4n) is 2.22. The third kappa shape index (κ3) is 4.25. The van der Waals surface area contributed by atoms with Crippen molar-refractivity contribution >= 4 is 21.4 Å². The van der Waals surface area contributed by atoms with Crippen molar-refractivity contribution in [3.63, 3.8) is 0 Å². The van der Waals surface area contributed by atoms with Gasteiger partial charge in [0.25, 0.3) is 0 Å². The molecule has 21 heavy (non-hydrogen) atoms. The normalized spacial score (nSPS) is 12.2. The molecule has 0 unspecified atom stereocenters. The maximum absolute atomic E-state index is 14.1. The molecule has 0 aliphatic heterocycles. The largest absolute Gasteiger partial charge is 0.377 e. The van der Waals surface area contributed by atoms with Gasteiger partial charge in [-0.1, -0.05) is 26.8 Å². The summed E-state index contributed by atoms with van der Waals surface area (Å²) in [5.41, 5.74) is 1.26. The van der Waals surface area contributed by atoms with Crippen LogP contribution < -0.4 is 5.32 Å². The van der Waals surface area contributed by atoms with Gasteiger partial charge < -0.3 is 10.1 Å². The number of ether oxygens (including phenoxy) is 1. The monoisotopic (exact) mass is 309 g/mol. The first-order valence-corrected chi connectivity index (χ1v) is 8.15. The summed E-state index contributed by atoms with van der Waals surface area (Å²) < 4.78 is 20.9. The maximum Gasteiger partial charge on any atom is 0.132 e. The van der Waals surface area contributed by atoms with E-state index >= 15 is 0 Å². The minimum absolute atomic E-state index is 0.152. The predicted molar refractivity (Wildman–Crippen MR) is 88.3 cm³/mol. The van der Waals surface area contributed by atoms with Crippen molar-refractivity contribution in [2.75, 3.05) is 13.7 Å². The zero-order valence-corrected chi connectivity index (χ0v) is 14.1. The number of nitrogens with one attached hydrogen (secondary N) is 1. The molecule has 1 aromatic heterocycles. The lowest BCUT2D eigenvalue weighted by Crippen LogP contribution is -2.10. The molecule has 4 heteroatoms. The number of thiophene rings is 1. The number of halogens is 1. The second kappa shape index (κ2) is 6.86. The van der Waals surface area contributed by atoms with Gasteiger partial charge in [-0.15, -0.1) is 11.3 Å². The molecule has 0 saturated heterocycles. The Bertz CT molecular complexity index is 601. The van der Waals surface area contributed by atoms with Crippen LogP contribution in [0.5, 0.6) is 0 Å². The molecule has 0 fully saturated rings. The molecule has 116 valence electrons. The molecule has 1 N–H and O–H groups in total. The summed E-state index contributed by atoms with van der Waals surface area (Å²) in [4.78, 5) is 1.16. The zero-order chi connectivity index (χ0) is 15.5. The van der Waals surface area contributed by atoms with E-state index in [1.165, 1.54) is 6.07 Å². The van der Waals surface area contributed by atoms with Gasteiger partial charge in [0.05, 0.1) is 6.61 Å². The van der Waals surface area contributed by atoms with Crippen LogP contribution in [0.25, 0.3) is 10.1 Å². The van der Waals surface area contributed by atoms with Gasteiger partial charge in [0, 0.05) is 33.7 Å². The molecule has 2 rings (SSSR count). The summed E-state index contributed by atoms with van der Waals surface area (Å²) in [7, 11) is 1.91. The zero-order valence-electron chi connectivity index (χ0n) is 13.3. The van der Waals surface area contributed by atoms with Gasteiger partial charge >= 0.3 is 0 Å². The molecule has 0 aliphatic carbocycles. The van der Waals surface area contributed by atoms with E-state index in [9.17, 15) is 4.39 Å². The molecule has 2 nitrogen and oxygen atoms in total. The van der Waals surface area contributed by atoms with E-state index in [4.69, 9.17) is 4.74 Å². The third-order valence-corrected chi connectivity index (χ3v) is 4.62. The molecule has 0 amide bonds. The highest BCUT2D eigenvalue weighted by Crippen LogP contribution is 2.34. The highest BCUT2D eigenvalue weighted by Gasteiger charge is 2.16. The van der Waals surface area contributed by atoms with Crippen molar-refractivity contribution in [1.29, 1.82) is 0 Å². The Kier molecular flexibility index (Phi) is 5.36. The Balaban J connectivity index is 2.18. The second-order valence-electron chi connectivity index (χ2n) is 6.51. The van der Waals surface area contributed by atoms with Gasteiger partial charge in [0.1, 0.15) is 5.82 Å². The summed E-state index contributed by atoms with van der Waals surface area (Å²) in [6.07, 6.45) is 0.999. The molecule has 0 radical (unpaired) electrons. The lowest BCUT2D eigenvalue weighted by molar-refractivity contribution is 0.0966.